The Balaban J connectivity index is 1.67. The second-order valence-electron chi connectivity index (χ2n) is 5.57. The van der Waals surface area contributed by atoms with Gasteiger partial charge in [0.2, 0.25) is 5.91 Å². The smallest absolute Gasteiger partial charge is 0.294 e. The summed E-state index contributed by atoms with van der Waals surface area (Å²) in [5.74, 6) is 0.188. The summed E-state index contributed by atoms with van der Waals surface area (Å²) >= 11 is 8.38. The lowest BCUT2D eigenvalue weighted by Gasteiger charge is -2.18. The molecule has 2 atom stereocenters. The average molecular weight is 399 g/mol. The van der Waals surface area contributed by atoms with Crippen molar-refractivity contribution in [3.8, 4) is 0 Å². The quantitative estimate of drug-likeness (QED) is 0.754. The van der Waals surface area contributed by atoms with E-state index < -0.39 is 23.2 Å². The van der Waals surface area contributed by atoms with E-state index in [9.17, 15) is 19.5 Å². The summed E-state index contributed by atoms with van der Waals surface area (Å²) in [4.78, 5) is 37.7. The van der Waals surface area contributed by atoms with Gasteiger partial charge >= 0.3 is 0 Å². The zero-order chi connectivity index (χ0) is 18.0. The zero-order valence-electron chi connectivity index (χ0n) is 13.0. The second kappa shape index (κ2) is 7.82. The fourth-order valence-electron chi connectivity index (χ4n) is 2.45. The summed E-state index contributed by atoms with van der Waals surface area (Å²) in [6.45, 7) is -0.363. The van der Waals surface area contributed by atoms with E-state index in [2.05, 4.69) is 5.32 Å². The van der Waals surface area contributed by atoms with Gasteiger partial charge in [-0.05, 0) is 29.5 Å². The Hall–Kier alpha value is -1.48. The van der Waals surface area contributed by atoms with Gasteiger partial charge < -0.3 is 10.4 Å². The summed E-state index contributed by atoms with van der Waals surface area (Å²) in [5, 5.41) is 12.4. The Morgan fingerprint density at radius 1 is 1.36 bits per heavy atom. The van der Waals surface area contributed by atoms with Gasteiger partial charge in [0.05, 0.1) is 17.1 Å². The number of aliphatic hydroxyl groups excluding tert-OH is 1. The van der Waals surface area contributed by atoms with E-state index in [0.717, 1.165) is 16.7 Å². The Morgan fingerprint density at radius 3 is 2.80 bits per heavy atom. The zero-order valence-corrected chi connectivity index (χ0v) is 15.4. The molecule has 2 fully saturated rings. The molecule has 9 heteroatoms. The van der Waals surface area contributed by atoms with Crippen LogP contribution in [0.3, 0.4) is 0 Å². The number of aliphatic hydroxyl groups is 1. The highest BCUT2D eigenvalue weighted by atomic mass is 35.5. The largest absolute Gasteiger partial charge is 0.390 e. The maximum Gasteiger partial charge on any atom is 0.294 e. The molecule has 2 aliphatic heterocycles. The molecule has 0 aliphatic carbocycles. The number of amides is 3. The van der Waals surface area contributed by atoms with Crippen LogP contribution in [0, 0.1) is 0 Å². The minimum Gasteiger partial charge on any atom is -0.390 e. The van der Waals surface area contributed by atoms with Crippen LogP contribution in [-0.2, 0) is 9.59 Å². The number of nitrogens with one attached hydrogen (secondary N) is 1. The molecule has 2 aliphatic rings. The molecular formula is C16H15ClN2O4S2. The Bertz CT molecular complexity index is 755. The molecule has 0 aromatic heterocycles. The van der Waals surface area contributed by atoms with Gasteiger partial charge in [0.25, 0.3) is 11.1 Å². The molecule has 2 N–H and O–H groups in total. The molecule has 0 unspecified atom stereocenters. The number of benzene rings is 1. The highest BCUT2D eigenvalue weighted by Crippen LogP contribution is 2.33. The van der Waals surface area contributed by atoms with E-state index in [4.69, 9.17) is 11.6 Å². The molecule has 3 amide bonds. The first-order valence-electron chi connectivity index (χ1n) is 7.51. The molecule has 132 valence electrons. The molecular weight excluding hydrogens is 384 g/mol. The third-order valence-electron chi connectivity index (χ3n) is 3.76. The van der Waals surface area contributed by atoms with Crippen molar-refractivity contribution in [2.75, 3.05) is 18.1 Å². The standard InChI is InChI=1S/C16H15ClN2O4S2/c17-10-4-2-1-3-9(10)5-13-15(22)19(16(23)25-13)6-14(21)18-11-7-24-8-12(11)20/h1-5,11-12,20H,6-8H2,(H,18,21)/b13-5+/t11-,12-/m0/s1. The van der Waals surface area contributed by atoms with Gasteiger partial charge in [-0.2, -0.15) is 11.8 Å². The molecule has 25 heavy (non-hydrogen) atoms. The summed E-state index contributed by atoms with van der Waals surface area (Å²) in [6, 6.07) is 6.63. The monoisotopic (exact) mass is 398 g/mol. The Labute approximate surface area is 158 Å². The number of carbonyl (C=O) groups excluding carboxylic acids is 3. The topological polar surface area (TPSA) is 86.7 Å². The number of hydrogen-bond acceptors (Lipinski definition) is 6. The molecule has 2 heterocycles. The number of hydrogen-bond donors (Lipinski definition) is 2. The Morgan fingerprint density at radius 2 is 2.12 bits per heavy atom. The van der Waals surface area contributed by atoms with E-state index in [-0.39, 0.29) is 17.5 Å². The van der Waals surface area contributed by atoms with Crippen LogP contribution < -0.4 is 5.32 Å². The van der Waals surface area contributed by atoms with Crippen molar-refractivity contribution in [1.82, 2.24) is 10.2 Å². The maximum absolute atomic E-state index is 12.4. The first-order chi connectivity index (χ1) is 12.0. The number of thioether (sulfide) groups is 2. The lowest BCUT2D eigenvalue weighted by molar-refractivity contribution is -0.129. The van der Waals surface area contributed by atoms with Crippen molar-refractivity contribution in [3.63, 3.8) is 0 Å². The predicted molar refractivity (Wildman–Crippen MR) is 99.4 cm³/mol. The van der Waals surface area contributed by atoms with E-state index in [1.807, 2.05) is 0 Å². The molecule has 2 saturated heterocycles. The lowest BCUT2D eigenvalue weighted by atomic mass is 10.2. The number of carbonyl (C=O) groups is 3. The van der Waals surface area contributed by atoms with Gasteiger partial charge in [0, 0.05) is 16.5 Å². The van der Waals surface area contributed by atoms with Crippen molar-refractivity contribution in [3.05, 3.63) is 39.8 Å². The van der Waals surface area contributed by atoms with Gasteiger partial charge in [0.1, 0.15) is 6.54 Å². The number of nitrogens with zero attached hydrogens (tertiary/aromatic N) is 1. The van der Waals surface area contributed by atoms with E-state index in [1.165, 1.54) is 0 Å². The molecule has 1 aromatic carbocycles. The molecule has 0 radical (unpaired) electrons. The number of imide groups is 1. The summed E-state index contributed by atoms with van der Waals surface area (Å²) < 4.78 is 0. The van der Waals surface area contributed by atoms with Gasteiger partial charge in [-0.25, -0.2) is 0 Å². The van der Waals surface area contributed by atoms with Gasteiger partial charge in [0.15, 0.2) is 0 Å². The summed E-state index contributed by atoms with van der Waals surface area (Å²) in [7, 11) is 0. The van der Waals surface area contributed by atoms with Crippen LogP contribution in [-0.4, -0.2) is 57.3 Å². The van der Waals surface area contributed by atoms with Crippen LogP contribution in [0.15, 0.2) is 29.2 Å². The van der Waals surface area contributed by atoms with E-state index in [1.54, 1.807) is 42.1 Å². The van der Waals surface area contributed by atoms with Crippen molar-refractivity contribution in [2.24, 2.45) is 0 Å². The lowest BCUT2D eigenvalue weighted by Crippen LogP contribution is -2.47. The highest BCUT2D eigenvalue weighted by molar-refractivity contribution is 8.18. The molecule has 3 rings (SSSR count). The number of rotatable bonds is 4. The first kappa shape index (κ1) is 18.3. The van der Waals surface area contributed by atoms with Gasteiger partial charge in [-0.1, -0.05) is 29.8 Å². The van der Waals surface area contributed by atoms with Crippen LogP contribution in [0.4, 0.5) is 4.79 Å². The van der Waals surface area contributed by atoms with Crippen molar-refractivity contribution >= 4 is 58.3 Å². The van der Waals surface area contributed by atoms with Crippen molar-refractivity contribution in [1.29, 1.82) is 0 Å². The van der Waals surface area contributed by atoms with E-state index >= 15 is 0 Å². The molecule has 1 aromatic rings. The molecule has 6 nitrogen and oxygen atoms in total. The molecule has 0 bridgehead atoms. The van der Waals surface area contributed by atoms with Crippen molar-refractivity contribution in [2.45, 2.75) is 12.1 Å². The van der Waals surface area contributed by atoms with Crippen molar-refractivity contribution < 1.29 is 19.5 Å². The predicted octanol–water partition coefficient (Wildman–Crippen LogP) is 1.97. The second-order valence-corrected chi connectivity index (χ2v) is 8.04. The molecule has 0 spiro atoms. The van der Waals surface area contributed by atoms with Gasteiger partial charge in [-0.15, -0.1) is 0 Å². The fourth-order valence-corrected chi connectivity index (χ4v) is 4.64. The van der Waals surface area contributed by atoms with Gasteiger partial charge in [-0.3, -0.25) is 19.3 Å². The van der Waals surface area contributed by atoms with E-state index in [0.29, 0.717) is 22.1 Å². The third kappa shape index (κ3) is 4.20. The average Bonchev–Trinajstić information content (AvgIpc) is 3.08. The summed E-state index contributed by atoms with van der Waals surface area (Å²) in [5.41, 5.74) is 0.630. The normalized spacial score (nSPS) is 25.0. The van der Waals surface area contributed by atoms with Crippen LogP contribution in [0.5, 0.6) is 0 Å². The fraction of sp³-hybridized carbons (Fsp3) is 0.312. The van der Waals surface area contributed by atoms with Crippen LogP contribution in [0.1, 0.15) is 5.56 Å². The highest BCUT2D eigenvalue weighted by Gasteiger charge is 2.37. The SMILES string of the molecule is O=C(CN1C(=O)S/C(=C/c2ccccc2Cl)C1=O)N[C@H]1CSC[C@@H]1O. The summed E-state index contributed by atoms with van der Waals surface area (Å²) in [6.07, 6.45) is 0.937. The van der Waals surface area contributed by atoms with Crippen LogP contribution in [0.25, 0.3) is 6.08 Å². The number of halogens is 1. The Kier molecular flexibility index (Phi) is 5.73. The van der Waals surface area contributed by atoms with Crippen LogP contribution >= 0.6 is 35.1 Å². The maximum atomic E-state index is 12.4. The minimum absolute atomic E-state index is 0.224. The van der Waals surface area contributed by atoms with Crippen LogP contribution in [0.2, 0.25) is 5.02 Å². The third-order valence-corrected chi connectivity index (χ3v) is 6.19. The first-order valence-corrected chi connectivity index (χ1v) is 9.85. The molecule has 0 saturated carbocycles. The minimum atomic E-state index is -0.607.